The molecule has 1 N–H and O–H groups in total. The predicted octanol–water partition coefficient (Wildman–Crippen LogP) is 4.86. The number of aryl methyl sites for hydroxylation is 1. The first-order valence-electron chi connectivity index (χ1n) is 10.5. The molecular weight excluding hydrogens is 365 g/mol. The number of H-pyrrole nitrogens is 1. The summed E-state index contributed by atoms with van der Waals surface area (Å²) in [6.45, 7) is 6.93. The fraction of sp³-hybridized carbons (Fsp3) is 0.435. The number of rotatable bonds is 3. The van der Waals surface area contributed by atoms with Crippen LogP contribution in [0.3, 0.4) is 0 Å². The van der Waals surface area contributed by atoms with Crippen molar-refractivity contribution in [3.8, 4) is 22.5 Å². The van der Waals surface area contributed by atoms with Crippen LogP contribution in [0, 0.1) is 12.7 Å². The van der Waals surface area contributed by atoms with Crippen molar-refractivity contribution in [1.82, 2.24) is 25.6 Å². The van der Waals surface area contributed by atoms with Crippen molar-refractivity contribution in [3.63, 3.8) is 0 Å². The fourth-order valence-electron chi connectivity index (χ4n) is 4.95. The van der Waals surface area contributed by atoms with E-state index in [0.29, 0.717) is 5.82 Å². The van der Waals surface area contributed by atoms with Gasteiger partial charge in [0.2, 0.25) is 0 Å². The Morgan fingerprint density at radius 1 is 0.931 bits per heavy atom. The quantitative estimate of drug-likeness (QED) is 0.650. The molecule has 2 aliphatic carbocycles. The van der Waals surface area contributed by atoms with Gasteiger partial charge in [-0.1, -0.05) is 31.4 Å². The summed E-state index contributed by atoms with van der Waals surface area (Å²) in [6.07, 6.45) is 9.30. The van der Waals surface area contributed by atoms with Gasteiger partial charge in [-0.2, -0.15) is 0 Å². The summed E-state index contributed by atoms with van der Waals surface area (Å²) in [6, 6.07) is 6.69. The van der Waals surface area contributed by atoms with Crippen LogP contribution >= 0.6 is 0 Å². The number of fused-ring (bicyclic) bond motifs is 1. The van der Waals surface area contributed by atoms with E-state index in [9.17, 15) is 4.39 Å². The number of pyridine rings is 1. The van der Waals surface area contributed by atoms with E-state index in [1.165, 1.54) is 24.1 Å². The van der Waals surface area contributed by atoms with E-state index in [1.807, 2.05) is 12.1 Å². The minimum absolute atomic E-state index is 0.247. The van der Waals surface area contributed by atoms with E-state index in [0.717, 1.165) is 79.4 Å². The lowest BCUT2D eigenvalue weighted by atomic mass is 9.78. The third kappa shape index (κ3) is 3.24. The Hall–Kier alpha value is -2.63. The molecule has 148 valence electrons. The van der Waals surface area contributed by atoms with Crippen LogP contribution in [-0.4, -0.2) is 25.6 Å². The third-order valence-corrected chi connectivity index (χ3v) is 6.41. The molecule has 0 amide bonds. The second-order valence-corrected chi connectivity index (χ2v) is 8.32. The van der Waals surface area contributed by atoms with Crippen LogP contribution in [0.5, 0.6) is 0 Å². The van der Waals surface area contributed by atoms with Crippen LogP contribution in [0.1, 0.15) is 61.9 Å². The highest BCUT2D eigenvalue weighted by atomic mass is 19.1. The zero-order valence-corrected chi connectivity index (χ0v) is 16.4. The number of hydrogen-bond acceptors (Lipinski definition) is 4. The monoisotopic (exact) mass is 389 g/mol. The van der Waals surface area contributed by atoms with E-state index in [4.69, 9.17) is 11.9 Å². The average Bonchev–Trinajstić information content (AvgIpc) is 3.36. The van der Waals surface area contributed by atoms with Crippen LogP contribution in [0.15, 0.2) is 24.3 Å². The number of halogens is 1. The van der Waals surface area contributed by atoms with Crippen LogP contribution in [-0.2, 0) is 18.3 Å². The molecule has 0 spiro atoms. The minimum Gasteiger partial charge on any atom is -0.256 e. The number of aromatic nitrogens is 5. The summed E-state index contributed by atoms with van der Waals surface area (Å²) >= 11 is 0. The molecule has 0 atom stereocenters. The molecule has 2 radical (unpaired) electrons. The summed E-state index contributed by atoms with van der Waals surface area (Å²) in [7, 11) is 0. The molecule has 0 aliphatic heterocycles. The normalized spacial score (nSPS) is 18.4. The van der Waals surface area contributed by atoms with E-state index >= 15 is 0 Å². The molecule has 2 aliphatic rings. The Morgan fingerprint density at radius 3 is 2.41 bits per heavy atom. The van der Waals surface area contributed by atoms with E-state index in [2.05, 4.69) is 20.6 Å². The van der Waals surface area contributed by atoms with Gasteiger partial charge in [0.15, 0.2) is 5.82 Å². The number of tetrazole rings is 1. The highest BCUT2D eigenvalue weighted by molar-refractivity contribution is 5.86. The van der Waals surface area contributed by atoms with Crippen LogP contribution in [0.2, 0.25) is 0 Å². The standard InChI is InChI=1S/C23H24FN5/c1-23(13-5-6-14-23)21-20(22-26-28-29-27-22)19(15-9-11-16(24)12-10-15)17-7-3-2-4-8-18(17)25-21/h1,9-12H,2-8,13-14H2,(H,26,27,28,29). The van der Waals surface area contributed by atoms with Gasteiger partial charge in [0.1, 0.15) is 5.82 Å². The Morgan fingerprint density at radius 2 is 1.69 bits per heavy atom. The van der Waals surface area contributed by atoms with Crippen molar-refractivity contribution in [1.29, 1.82) is 0 Å². The molecule has 6 heteroatoms. The number of hydrogen-bond donors (Lipinski definition) is 1. The highest BCUT2D eigenvalue weighted by Crippen LogP contribution is 2.47. The summed E-state index contributed by atoms with van der Waals surface area (Å²) in [4.78, 5) is 5.17. The van der Waals surface area contributed by atoms with Crippen LogP contribution < -0.4 is 0 Å². The molecule has 29 heavy (non-hydrogen) atoms. The van der Waals surface area contributed by atoms with Crippen molar-refractivity contribution in [2.45, 2.75) is 63.2 Å². The second kappa shape index (κ2) is 7.32. The molecular formula is C23H24FN5. The maximum Gasteiger partial charge on any atom is 0.181 e. The Bertz CT molecular complexity index is 1000. The molecule has 0 unspecified atom stereocenters. The lowest BCUT2D eigenvalue weighted by Gasteiger charge is -2.29. The average molecular weight is 389 g/mol. The first kappa shape index (κ1) is 18.4. The van der Waals surface area contributed by atoms with Crippen molar-refractivity contribution < 1.29 is 4.39 Å². The van der Waals surface area contributed by atoms with Gasteiger partial charge in [-0.05, 0) is 84.7 Å². The summed E-state index contributed by atoms with van der Waals surface area (Å²) in [5, 5.41) is 14.8. The van der Waals surface area contributed by atoms with E-state index < -0.39 is 5.41 Å². The molecule has 0 bridgehead atoms. The lowest BCUT2D eigenvalue weighted by molar-refractivity contribution is 0.533. The van der Waals surface area contributed by atoms with E-state index in [-0.39, 0.29) is 5.82 Å². The van der Waals surface area contributed by atoms with Crippen molar-refractivity contribution in [3.05, 3.63) is 54.0 Å². The Labute approximate surface area is 170 Å². The second-order valence-electron chi connectivity index (χ2n) is 8.32. The Balaban J connectivity index is 1.86. The fourth-order valence-corrected chi connectivity index (χ4v) is 4.95. The van der Waals surface area contributed by atoms with Gasteiger partial charge in [-0.15, -0.1) is 5.10 Å². The molecule has 1 saturated carbocycles. The molecule has 3 aromatic rings. The molecule has 1 aromatic carbocycles. The maximum absolute atomic E-state index is 13.7. The molecule has 2 aromatic heterocycles. The zero-order chi connectivity index (χ0) is 19.8. The number of aromatic amines is 1. The van der Waals surface area contributed by atoms with Crippen molar-refractivity contribution in [2.75, 3.05) is 0 Å². The highest BCUT2D eigenvalue weighted by Gasteiger charge is 2.38. The van der Waals surface area contributed by atoms with Gasteiger partial charge in [-0.25, -0.2) is 9.49 Å². The maximum atomic E-state index is 13.7. The molecule has 5 nitrogen and oxygen atoms in total. The van der Waals surface area contributed by atoms with Crippen LogP contribution in [0.25, 0.3) is 22.5 Å². The van der Waals surface area contributed by atoms with Crippen molar-refractivity contribution >= 4 is 0 Å². The smallest absolute Gasteiger partial charge is 0.181 e. The van der Waals surface area contributed by atoms with Gasteiger partial charge in [0.25, 0.3) is 0 Å². The van der Waals surface area contributed by atoms with Gasteiger partial charge in [0.05, 0.1) is 11.3 Å². The molecule has 2 heterocycles. The van der Waals surface area contributed by atoms with Crippen LogP contribution in [0.4, 0.5) is 4.39 Å². The number of nitrogens with one attached hydrogen (secondary N) is 1. The van der Waals surface area contributed by atoms with Gasteiger partial charge in [-0.3, -0.25) is 4.98 Å². The zero-order valence-electron chi connectivity index (χ0n) is 16.4. The SMILES string of the molecule is [CH]C1(c2nc3c(c(-c4ccc(F)cc4)c2-c2nnn[nH]2)CCCCC3)CCCC1. The van der Waals surface area contributed by atoms with Crippen molar-refractivity contribution in [2.24, 2.45) is 0 Å². The van der Waals surface area contributed by atoms with Gasteiger partial charge >= 0.3 is 0 Å². The summed E-state index contributed by atoms with van der Waals surface area (Å²) < 4.78 is 13.7. The first-order chi connectivity index (χ1) is 14.2. The number of nitrogens with zero attached hydrogens (tertiary/aromatic N) is 4. The summed E-state index contributed by atoms with van der Waals surface area (Å²) in [5.74, 6) is 0.332. The molecule has 0 saturated heterocycles. The van der Waals surface area contributed by atoms with Gasteiger partial charge in [0, 0.05) is 11.1 Å². The minimum atomic E-state index is -0.488. The van der Waals surface area contributed by atoms with Gasteiger partial charge < -0.3 is 0 Å². The Kier molecular flexibility index (Phi) is 4.64. The lowest BCUT2D eigenvalue weighted by Crippen LogP contribution is -2.23. The largest absolute Gasteiger partial charge is 0.256 e. The molecule has 5 rings (SSSR count). The number of benzene rings is 1. The topological polar surface area (TPSA) is 67.3 Å². The first-order valence-corrected chi connectivity index (χ1v) is 10.5. The molecule has 1 fully saturated rings. The van der Waals surface area contributed by atoms with E-state index in [1.54, 1.807) is 0 Å². The predicted molar refractivity (Wildman–Crippen MR) is 109 cm³/mol. The summed E-state index contributed by atoms with van der Waals surface area (Å²) in [5.41, 5.74) is 5.65. The third-order valence-electron chi connectivity index (χ3n) is 6.41.